The summed E-state index contributed by atoms with van der Waals surface area (Å²) >= 11 is 0. The van der Waals surface area contributed by atoms with Crippen molar-refractivity contribution in [3.05, 3.63) is 53.5 Å². The Morgan fingerprint density at radius 2 is 2.00 bits per heavy atom. The Balaban J connectivity index is 1.27. The van der Waals surface area contributed by atoms with Crippen LogP contribution in [0, 0.1) is 36.4 Å². The summed E-state index contributed by atoms with van der Waals surface area (Å²) in [6.45, 7) is 4.46. The fourth-order valence-electron chi connectivity index (χ4n) is 5.80. The molecule has 1 aliphatic heterocycles. The Kier molecular flexibility index (Phi) is 6.25. The molecule has 4 atom stereocenters. The number of allylic oxidation sites excluding steroid dienone is 1. The summed E-state index contributed by atoms with van der Waals surface area (Å²) in [4.78, 5) is 22.9. The number of nitrogens with two attached hydrogens (primary N) is 1. The number of rotatable bonds is 7. The van der Waals surface area contributed by atoms with E-state index < -0.39 is 5.82 Å². The topological polar surface area (TPSA) is 96.2 Å². The molecule has 0 spiro atoms. The van der Waals surface area contributed by atoms with E-state index in [-0.39, 0.29) is 35.5 Å². The molecule has 0 radical (unpaired) electrons. The van der Waals surface area contributed by atoms with E-state index in [2.05, 4.69) is 57.7 Å². The van der Waals surface area contributed by atoms with Gasteiger partial charge in [-0.3, -0.25) is 4.79 Å². The van der Waals surface area contributed by atoms with E-state index in [1.165, 1.54) is 37.1 Å². The van der Waals surface area contributed by atoms with Gasteiger partial charge < -0.3 is 21.3 Å². The summed E-state index contributed by atoms with van der Waals surface area (Å²) in [5, 5.41) is 6.35. The van der Waals surface area contributed by atoms with Gasteiger partial charge in [0.15, 0.2) is 11.6 Å². The molecule has 5 rings (SSSR count). The Bertz CT molecular complexity index is 1100. The SMILES string of the molecule is Cc1cc(Nc2ncc(F)c(N[C@H]3[C@@H](C(N)=O)[C@@H]4C=C[C@H]3C4)n2)ccc1CC1CCN(C)CC1. The number of hydrogen-bond acceptors (Lipinski definition) is 6. The normalized spacial score (nSPS) is 26.7. The summed E-state index contributed by atoms with van der Waals surface area (Å²) in [7, 11) is 2.19. The number of primary amides is 1. The largest absolute Gasteiger partial charge is 0.369 e. The number of nitrogens with zero attached hydrogens (tertiary/aromatic N) is 3. The lowest BCUT2D eigenvalue weighted by Gasteiger charge is -2.29. The fraction of sp³-hybridized carbons (Fsp3) is 0.500. The maximum absolute atomic E-state index is 14.5. The van der Waals surface area contributed by atoms with Crippen molar-refractivity contribution in [3.8, 4) is 0 Å². The minimum absolute atomic E-state index is 0.0882. The Labute approximate surface area is 200 Å². The van der Waals surface area contributed by atoms with Crippen LogP contribution < -0.4 is 16.4 Å². The molecule has 1 saturated heterocycles. The van der Waals surface area contributed by atoms with Gasteiger partial charge in [0.25, 0.3) is 0 Å². The van der Waals surface area contributed by atoms with Crippen molar-refractivity contribution in [3.63, 3.8) is 0 Å². The average molecular weight is 465 g/mol. The lowest BCUT2D eigenvalue weighted by molar-refractivity contribution is -0.122. The molecular weight excluding hydrogens is 431 g/mol. The first-order valence-electron chi connectivity index (χ1n) is 12.2. The van der Waals surface area contributed by atoms with Gasteiger partial charge in [0.1, 0.15) is 0 Å². The number of hydrogen-bond donors (Lipinski definition) is 3. The van der Waals surface area contributed by atoms with Gasteiger partial charge in [0.2, 0.25) is 11.9 Å². The zero-order valence-electron chi connectivity index (χ0n) is 19.8. The number of piperidine rings is 1. The smallest absolute Gasteiger partial charge is 0.229 e. The van der Waals surface area contributed by atoms with Crippen molar-refractivity contribution in [1.29, 1.82) is 0 Å². The predicted molar refractivity (Wildman–Crippen MR) is 131 cm³/mol. The number of nitrogens with one attached hydrogen (secondary N) is 2. The second-order valence-corrected chi connectivity index (χ2v) is 10.2. The first-order valence-corrected chi connectivity index (χ1v) is 12.2. The average Bonchev–Trinajstić information content (AvgIpc) is 3.41. The molecule has 2 bridgehead atoms. The van der Waals surface area contributed by atoms with E-state index in [0.29, 0.717) is 5.95 Å². The summed E-state index contributed by atoms with van der Waals surface area (Å²) < 4.78 is 14.5. The third kappa shape index (κ3) is 4.64. The quantitative estimate of drug-likeness (QED) is 0.542. The summed E-state index contributed by atoms with van der Waals surface area (Å²) in [5.74, 6) is 0.105. The van der Waals surface area contributed by atoms with Crippen LogP contribution in [0.15, 0.2) is 36.5 Å². The predicted octanol–water partition coefficient (Wildman–Crippen LogP) is 3.64. The third-order valence-electron chi connectivity index (χ3n) is 7.78. The van der Waals surface area contributed by atoms with Gasteiger partial charge in [0.05, 0.1) is 12.1 Å². The summed E-state index contributed by atoms with van der Waals surface area (Å²) in [6.07, 6.45) is 9.71. The number of likely N-dealkylation sites (tertiary alicyclic amines) is 1. The Morgan fingerprint density at radius 1 is 1.24 bits per heavy atom. The highest BCUT2D eigenvalue weighted by Crippen LogP contribution is 2.45. The van der Waals surface area contributed by atoms with Crippen LogP contribution in [0.2, 0.25) is 0 Å². The molecule has 1 saturated carbocycles. The maximum atomic E-state index is 14.5. The Hall–Kier alpha value is -3.00. The molecule has 2 aliphatic carbocycles. The second-order valence-electron chi connectivity index (χ2n) is 10.2. The third-order valence-corrected chi connectivity index (χ3v) is 7.78. The van der Waals surface area contributed by atoms with Crippen LogP contribution >= 0.6 is 0 Å². The molecule has 0 unspecified atom stereocenters. The number of carbonyl (C=O) groups is 1. The molecule has 1 aromatic carbocycles. The molecule has 7 nitrogen and oxygen atoms in total. The van der Waals surface area contributed by atoms with E-state index in [9.17, 15) is 9.18 Å². The molecule has 8 heteroatoms. The number of fused-ring (bicyclic) bond motifs is 2. The highest BCUT2D eigenvalue weighted by molar-refractivity contribution is 5.79. The van der Waals surface area contributed by atoms with Crippen molar-refractivity contribution >= 4 is 23.4 Å². The number of aromatic nitrogens is 2. The van der Waals surface area contributed by atoms with Gasteiger partial charge in [-0.2, -0.15) is 4.98 Å². The van der Waals surface area contributed by atoms with Crippen LogP contribution in [0.25, 0.3) is 0 Å². The van der Waals surface area contributed by atoms with E-state index in [1.807, 2.05) is 12.1 Å². The van der Waals surface area contributed by atoms with Gasteiger partial charge in [-0.25, -0.2) is 9.37 Å². The standard InChI is InChI=1S/C26H33FN6O/c1-15-11-20(6-5-17(15)12-16-7-9-33(2)10-8-16)30-26-29-14-21(27)25(32-26)31-23-19-4-3-18(13-19)22(23)24(28)34/h3-6,11,14,16,18-19,22-23H,7-10,12-13H2,1-2H3,(H2,28,34)(H2,29,30,31,32)/t18-,19+,22+,23-/m1/s1. The number of benzene rings is 1. The van der Waals surface area contributed by atoms with Crippen molar-refractivity contribution in [1.82, 2.24) is 14.9 Å². The number of carbonyl (C=O) groups excluding carboxylic acids is 1. The molecule has 180 valence electrons. The van der Waals surface area contributed by atoms with Crippen molar-refractivity contribution in [2.75, 3.05) is 30.8 Å². The van der Waals surface area contributed by atoms with E-state index >= 15 is 0 Å². The minimum Gasteiger partial charge on any atom is -0.369 e. The van der Waals surface area contributed by atoms with Crippen molar-refractivity contribution in [2.24, 2.45) is 29.4 Å². The highest BCUT2D eigenvalue weighted by atomic mass is 19.1. The van der Waals surface area contributed by atoms with Crippen LogP contribution in [-0.2, 0) is 11.2 Å². The van der Waals surface area contributed by atoms with Gasteiger partial charge in [0, 0.05) is 11.7 Å². The lowest BCUT2D eigenvalue weighted by atomic mass is 9.88. The molecule has 1 amide bonds. The number of halogens is 1. The molecule has 3 aliphatic rings. The molecule has 34 heavy (non-hydrogen) atoms. The molecule has 1 aromatic heterocycles. The van der Waals surface area contributed by atoms with E-state index in [1.54, 1.807) is 0 Å². The van der Waals surface area contributed by atoms with Gasteiger partial charge in [-0.05, 0) is 93.8 Å². The van der Waals surface area contributed by atoms with E-state index in [4.69, 9.17) is 5.73 Å². The van der Waals surface area contributed by atoms with Crippen LogP contribution in [-0.4, -0.2) is 47.0 Å². The summed E-state index contributed by atoms with van der Waals surface area (Å²) in [5.41, 5.74) is 9.09. The molecule has 2 aromatic rings. The van der Waals surface area contributed by atoms with Crippen molar-refractivity contribution < 1.29 is 9.18 Å². The zero-order chi connectivity index (χ0) is 23.8. The molecular formula is C26H33FN6O. The number of aryl methyl sites for hydroxylation is 1. The van der Waals surface area contributed by atoms with Gasteiger partial charge in [-0.1, -0.05) is 18.2 Å². The minimum atomic E-state index is -0.551. The monoisotopic (exact) mass is 464 g/mol. The van der Waals surface area contributed by atoms with Gasteiger partial charge in [-0.15, -0.1) is 0 Å². The first-order chi connectivity index (χ1) is 16.4. The van der Waals surface area contributed by atoms with Crippen LogP contribution in [0.1, 0.15) is 30.4 Å². The van der Waals surface area contributed by atoms with Crippen LogP contribution in [0.5, 0.6) is 0 Å². The fourth-order valence-corrected chi connectivity index (χ4v) is 5.80. The summed E-state index contributed by atoms with van der Waals surface area (Å²) in [6, 6.07) is 6.03. The molecule has 2 fully saturated rings. The van der Waals surface area contributed by atoms with E-state index in [0.717, 1.165) is 30.6 Å². The van der Waals surface area contributed by atoms with Crippen molar-refractivity contribution in [2.45, 2.75) is 38.6 Å². The van der Waals surface area contributed by atoms with Crippen LogP contribution in [0.3, 0.4) is 0 Å². The van der Waals surface area contributed by atoms with Crippen LogP contribution in [0.4, 0.5) is 21.8 Å². The Morgan fingerprint density at radius 3 is 2.74 bits per heavy atom. The molecule has 4 N–H and O–H groups in total. The van der Waals surface area contributed by atoms with Gasteiger partial charge >= 0.3 is 0 Å². The lowest BCUT2D eigenvalue weighted by Crippen LogP contribution is -2.41. The maximum Gasteiger partial charge on any atom is 0.229 e. The zero-order valence-corrected chi connectivity index (χ0v) is 19.8. The highest BCUT2D eigenvalue weighted by Gasteiger charge is 2.47. The second kappa shape index (κ2) is 9.33. The molecule has 2 heterocycles. The first kappa shape index (κ1) is 22.8. The number of amides is 1. The number of anilines is 3.